The highest BCUT2D eigenvalue weighted by atomic mass is 35.5. The molecule has 4 aromatic rings. The van der Waals surface area contributed by atoms with Crippen LogP contribution in [0.1, 0.15) is 47.8 Å². The Morgan fingerprint density at radius 3 is 2.23 bits per heavy atom. The van der Waals surface area contributed by atoms with Crippen molar-refractivity contribution in [1.82, 2.24) is 0 Å². The molecule has 5 heteroatoms. The Hall–Kier alpha value is -3.76. The van der Waals surface area contributed by atoms with E-state index in [1.807, 2.05) is 42.5 Å². The number of benzene rings is 4. The molecule has 0 saturated carbocycles. The molecule has 0 spiro atoms. The number of ether oxygens (including phenoxy) is 1. The van der Waals surface area contributed by atoms with E-state index < -0.39 is 5.97 Å². The lowest BCUT2D eigenvalue weighted by atomic mass is 9.83. The Bertz CT molecular complexity index is 1400. The van der Waals surface area contributed by atoms with Crippen LogP contribution in [0, 0.1) is 0 Å². The Labute approximate surface area is 183 Å². The molecule has 0 bridgehead atoms. The van der Waals surface area contributed by atoms with Gasteiger partial charge in [0.1, 0.15) is 6.61 Å². The predicted molar refractivity (Wildman–Crippen MR) is 118 cm³/mol. The quantitative estimate of drug-likeness (QED) is 0.351. The van der Waals surface area contributed by atoms with Crippen molar-refractivity contribution in [2.24, 2.45) is 0 Å². The summed E-state index contributed by atoms with van der Waals surface area (Å²) in [5.74, 6) is -1.32. The number of esters is 1. The van der Waals surface area contributed by atoms with Crippen molar-refractivity contribution < 1.29 is 19.1 Å². The van der Waals surface area contributed by atoms with E-state index in [0.717, 1.165) is 16.3 Å². The van der Waals surface area contributed by atoms with Gasteiger partial charge < -0.3 is 4.74 Å². The molecule has 0 aliphatic heterocycles. The molecule has 1 aliphatic rings. The van der Waals surface area contributed by atoms with Gasteiger partial charge in [0, 0.05) is 16.7 Å². The van der Waals surface area contributed by atoms with Crippen molar-refractivity contribution >= 4 is 39.9 Å². The van der Waals surface area contributed by atoms with Gasteiger partial charge in [0.25, 0.3) is 0 Å². The molecule has 0 atom stereocenters. The van der Waals surface area contributed by atoms with E-state index in [0.29, 0.717) is 5.56 Å². The van der Waals surface area contributed by atoms with Crippen LogP contribution in [-0.2, 0) is 11.3 Å². The molecule has 0 amide bonds. The summed E-state index contributed by atoms with van der Waals surface area (Å²) in [5, 5.41) is 1.98. The largest absolute Gasteiger partial charge is 0.457 e. The zero-order valence-electron chi connectivity index (χ0n) is 16.2. The van der Waals surface area contributed by atoms with Crippen molar-refractivity contribution in [3.63, 3.8) is 0 Å². The van der Waals surface area contributed by atoms with E-state index in [1.165, 1.54) is 12.1 Å². The van der Waals surface area contributed by atoms with Crippen LogP contribution in [0.15, 0.2) is 78.9 Å². The van der Waals surface area contributed by atoms with Gasteiger partial charge in [0.2, 0.25) is 0 Å². The first-order valence-corrected chi connectivity index (χ1v) is 10.1. The molecule has 0 unspecified atom stereocenters. The molecular formula is C26H15ClO4. The van der Waals surface area contributed by atoms with Crippen LogP contribution in [0.5, 0.6) is 0 Å². The van der Waals surface area contributed by atoms with Gasteiger partial charge in [-0.05, 0) is 28.5 Å². The summed E-state index contributed by atoms with van der Waals surface area (Å²) in [4.78, 5) is 38.6. The lowest BCUT2D eigenvalue weighted by Gasteiger charge is -2.19. The van der Waals surface area contributed by atoms with E-state index in [-0.39, 0.29) is 45.4 Å². The zero-order chi connectivity index (χ0) is 21.5. The molecule has 0 radical (unpaired) electrons. The average Bonchev–Trinajstić information content (AvgIpc) is 2.80. The summed E-state index contributed by atoms with van der Waals surface area (Å²) in [7, 11) is 0. The van der Waals surface area contributed by atoms with E-state index in [2.05, 4.69) is 0 Å². The fourth-order valence-corrected chi connectivity index (χ4v) is 4.27. The Balaban J connectivity index is 1.47. The summed E-state index contributed by atoms with van der Waals surface area (Å²) >= 11 is 6.45. The fraction of sp³-hybridized carbons (Fsp3) is 0.0385. The lowest BCUT2D eigenvalue weighted by Crippen LogP contribution is -2.22. The molecule has 5 rings (SSSR count). The topological polar surface area (TPSA) is 60.4 Å². The summed E-state index contributed by atoms with van der Waals surface area (Å²) in [6.45, 7) is 0.0588. The number of carbonyl (C=O) groups is 3. The summed E-state index contributed by atoms with van der Waals surface area (Å²) in [6.07, 6.45) is 0. The number of hydrogen-bond acceptors (Lipinski definition) is 4. The maximum atomic E-state index is 13.0. The molecule has 0 saturated heterocycles. The van der Waals surface area contributed by atoms with Gasteiger partial charge in [-0.2, -0.15) is 0 Å². The van der Waals surface area contributed by atoms with Gasteiger partial charge in [-0.3, -0.25) is 9.59 Å². The monoisotopic (exact) mass is 426 g/mol. The molecule has 0 N–H and O–H groups in total. The maximum Gasteiger partial charge on any atom is 0.340 e. The molecule has 0 fully saturated rings. The van der Waals surface area contributed by atoms with Gasteiger partial charge in [0.15, 0.2) is 11.6 Å². The van der Waals surface area contributed by atoms with E-state index in [4.69, 9.17) is 16.3 Å². The van der Waals surface area contributed by atoms with E-state index in [9.17, 15) is 14.4 Å². The number of fused-ring (bicyclic) bond motifs is 3. The molecule has 0 aromatic heterocycles. The summed E-state index contributed by atoms with van der Waals surface area (Å²) in [6, 6.07) is 23.1. The van der Waals surface area contributed by atoms with Crippen LogP contribution >= 0.6 is 11.6 Å². The fourth-order valence-electron chi connectivity index (χ4n) is 3.94. The number of carbonyl (C=O) groups excluding carboxylic acids is 3. The van der Waals surface area contributed by atoms with Crippen molar-refractivity contribution in [2.45, 2.75) is 6.61 Å². The second kappa shape index (κ2) is 7.49. The Kier molecular flexibility index (Phi) is 4.64. The van der Waals surface area contributed by atoms with Crippen LogP contribution in [0.25, 0.3) is 10.8 Å². The third-order valence-corrected chi connectivity index (χ3v) is 5.88. The minimum absolute atomic E-state index is 0.0463. The first-order chi connectivity index (χ1) is 15.1. The van der Waals surface area contributed by atoms with Crippen LogP contribution < -0.4 is 0 Å². The number of rotatable bonds is 3. The van der Waals surface area contributed by atoms with Crippen LogP contribution in [0.3, 0.4) is 0 Å². The first kappa shape index (κ1) is 19.2. The zero-order valence-corrected chi connectivity index (χ0v) is 17.0. The van der Waals surface area contributed by atoms with Gasteiger partial charge in [-0.25, -0.2) is 4.79 Å². The average molecular weight is 427 g/mol. The first-order valence-electron chi connectivity index (χ1n) is 9.71. The molecule has 31 heavy (non-hydrogen) atoms. The van der Waals surface area contributed by atoms with E-state index in [1.54, 1.807) is 24.3 Å². The van der Waals surface area contributed by atoms with Crippen molar-refractivity contribution in [3.8, 4) is 0 Å². The standard InChI is InChI=1S/C26H15ClO4/c27-23-21(26(30)31-14-16-8-5-7-15-6-1-2-9-17(15)16)13-12-20-22(23)25(29)19-11-4-3-10-18(19)24(20)28/h1-13H,14H2. The van der Waals surface area contributed by atoms with Gasteiger partial charge in [-0.15, -0.1) is 0 Å². The summed E-state index contributed by atoms with van der Waals surface area (Å²) in [5.41, 5.74) is 1.77. The van der Waals surface area contributed by atoms with Crippen LogP contribution in [-0.4, -0.2) is 17.5 Å². The molecular weight excluding hydrogens is 412 g/mol. The molecule has 4 aromatic carbocycles. The molecule has 1 aliphatic carbocycles. The minimum atomic E-state index is -0.653. The highest BCUT2D eigenvalue weighted by molar-refractivity contribution is 6.41. The van der Waals surface area contributed by atoms with Crippen LogP contribution in [0.2, 0.25) is 5.02 Å². The molecule has 150 valence electrons. The van der Waals surface area contributed by atoms with Crippen molar-refractivity contribution in [2.75, 3.05) is 0 Å². The second-order valence-corrected chi connectivity index (χ2v) is 7.65. The minimum Gasteiger partial charge on any atom is -0.457 e. The van der Waals surface area contributed by atoms with Crippen molar-refractivity contribution in [1.29, 1.82) is 0 Å². The highest BCUT2D eigenvalue weighted by Crippen LogP contribution is 2.34. The smallest absolute Gasteiger partial charge is 0.340 e. The maximum absolute atomic E-state index is 13.0. The third-order valence-electron chi connectivity index (χ3n) is 5.49. The Morgan fingerprint density at radius 2 is 1.42 bits per heavy atom. The Morgan fingerprint density at radius 1 is 0.742 bits per heavy atom. The number of halogens is 1. The van der Waals surface area contributed by atoms with Gasteiger partial charge >= 0.3 is 5.97 Å². The second-order valence-electron chi connectivity index (χ2n) is 7.27. The summed E-state index contributed by atoms with van der Waals surface area (Å²) < 4.78 is 5.51. The SMILES string of the molecule is O=C(OCc1cccc2ccccc12)c1ccc2c(c1Cl)C(=O)c1ccccc1C2=O. The normalized spacial score (nSPS) is 12.4. The van der Waals surface area contributed by atoms with Gasteiger partial charge in [0.05, 0.1) is 16.1 Å². The molecule has 4 nitrogen and oxygen atoms in total. The number of hydrogen-bond donors (Lipinski definition) is 0. The third kappa shape index (κ3) is 3.13. The van der Waals surface area contributed by atoms with Gasteiger partial charge in [-0.1, -0.05) is 78.3 Å². The number of ketones is 2. The lowest BCUT2D eigenvalue weighted by molar-refractivity contribution is 0.0474. The predicted octanol–water partition coefficient (Wildman–Crippen LogP) is 5.63. The van der Waals surface area contributed by atoms with E-state index >= 15 is 0 Å². The highest BCUT2D eigenvalue weighted by Gasteiger charge is 2.33. The molecule has 0 heterocycles. The van der Waals surface area contributed by atoms with Crippen molar-refractivity contribution in [3.05, 3.63) is 117 Å². The van der Waals surface area contributed by atoms with Crippen LogP contribution in [0.4, 0.5) is 0 Å².